The predicted octanol–water partition coefficient (Wildman–Crippen LogP) is 4.28. The molecule has 0 radical (unpaired) electrons. The number of alkyl halides is 3. The van der Waals surface area contributed by atoms with Crippen LogP contribution in [0.15, 0.2) is 54.6 Å². The summed E-state index contributed by atoms with van der Waals surface area (Å²) >= 11 is 5.99. The summed E-state index contributed by atoms with van der Waals surface area (Å²) in [5, 5.41) is 11.4. The maximum absolute atomic E-state index is 13.1. The number of aryl methyl sites for hydroxylation is 1. The van der Waals surface area contributed by atoms with E-state index in [0.717, 1.165) is 11.3 Å². The number of quaternary nitrogens is 1. The Hall–Kier alpha value is -3.83. The SMILES string of the molecule is CCOC(=O)c1c(C[NH2+]c2ccc(Cl)cc2)[nH]c(C(=O)OC(C)(C)C)c1CCc1ccccc1.O=C([O-])C(F)(F)F. The average molecular weight is 597 g/mol. The minimum Gasteiger partial charge on any atom is -0.542 e. The molecule has 3 rings (SSSR count). The Balaban J connectivity index is 0.000000745. The van der Waals surface area contributed by atoms with Crippen LogP contribution < -0.4 is 10.4 Å². The molecule has 1 heterocycles. The van der Waals surface area contributed by atoms with E-state index in [4.69, 9.17) is 31.0 Å². The van der Waals surface area contributed by atoms with Gasteiger partial charge in [-0.2, -0.15) is 13.2 Å². The molecular weight excluding hydrogens is 565 g/mol. The number of nitrogens with one attached hydrogen (secondary N) is 1. The first-order valence-corrected chi connectivity index (χ1v) is 13.0. The Bertz CT molecular complexity index is 1320. The van der Waals surface area contributed by atoms with E-state index in [1.165, 1.54) is 0 Å². The molecule has 2 aromatic carbocycles. The van der Waals surface area contributed by atoms with Gasteiger partial charge in [0.2, 0.25) is 0 Å². The molecule has 0 aliphatic rings. The topological polar surface area (TPSA) is 125 Å². The van der Waals surface area contributed by atoms with E-state index >= 15 is 0 Å². The van der Waals surface area contributed by atoms with Gasteiger partial charge in [0, 0.05) is 17.2 Å². The highest BCUT2D eigenvalue weighted by Crippen LogP contribution is 2.25. The second-order valence-corrected chi connectivity index (χ2v) is 10.2. The zero-order valence-electron chi connectivity index (χ0n) is 23.1. The van der Waals surface area contributed by atoms with Crippen LogP contribution in [-0.4, -0.2) is 41.3 Å². The first-order chi connectivity index (χ1) is 19.1. The fraction of sp³-hybridized carbons (Fsp3) is 0.345. The molecule has 41 heavy (non-hydrogen) atoms. The third-order valence-corrected chi connectivity index (χ3v) is 5.67. The average Bonchev–Trinajstić information content (AvgIpc) is 3.25. The second-order valence-electron chi connectivity index (χ2n) is 9.79. The van der Waals surface area contributed by atoms with Crippen molar-refractivity contribution in [2.75, 3.05) is 6.61 Å². The van der Waals surface area contributed by atoms with Crippen molar-refractivity contribution in [1.82, 2.24) is 4.98 Å². The van der Waals surface area contributed by atoms with Gasteiger partial charge in [0.15, 0.2) is 0 Å². The maximum atomic E-state index is 13.1. The van der Waals surface area contributed by atoms with E-state index in [1.807, 2.05) is 80.7 Å². The van der Waals surface area contributed by atoms with Crippen LogP contribution in [0.25, 0.3) is 0 Å². The summed E-state index contributed by atoms with van der Waals surface area (Å²) in [4.78, 5) is 38.2. The van der Waals surface area contributed by atoms with Crippen molar-refractivity contribution in [3.8, 4) is 0 Å². The fourth-order valence-electron chi connectivity index (χ4n) is 3.68. The van der Waals surface area contributed by atoms with Gasteiger partial charge in [-0.05, 0) is 63.8 Å². The number of aromatic nitrogens is 1. The highest BCUT2D eigenvalue weighted by molar-refractivity contribution is 6.30. The number of aromatic amines is 1. The number of carbonyl (C=O) groups is 3. The van der Waals surface area contributed by atoms with Gasteiger partial charge in [0.05, 0.1) is 17.9 Å². The van der Waals surface area contributed by atoms with Crippen LogP contribution in [0.3, 0.4) is 0 Å². The number of ether oxygens (including phenoxy) is 2. The summed E-state index contributed by atoms with van der Waals surface area (Å²) < 4.78 is 42.6. The smallest absolute Gasteiger partial charge is 0.430 e. The molecule has 3 N–H and O–H groups in total. The lowest BCUT2D eigenvalue weighted by Gasteiger charge is -2.19. The van der Waals surface area contributed by atoms with Crippen molar-refractivity contribution < 1.29 is 47.5 Å². The zero-order chi connectivity index (χ0) is 30.8. The molecule has 0 spiro atoms. The molecule has 8 nitrogen and oxygen atoms in total. The molecule has 12 heteroatoms. The summed E-state index contributed by atoms with van der Waals surface area (Å²) in [7, 11) is 0. The molecule has 0 unspecified atom stereocenters. The summed E-state index contributed by atoms with van der Waals surface area (Å²) in [6.45, 7) is 7.88. The number of esters is 2. The highest BCUT2D eigenvalue weighted by Gasteiger charge is 2.31. The number of halogens is 4. The summed E-state index contributed by atoms with van der Waals surface area (Å²) in [5.41, 5.74) is 3.35. The van der Waals surface area contributed by atoms with Gasteiger partial charge in [-0.1, -0.05) is 41.9 Å². The van der Waals surface area contributed by atoms with Crippen LogP contribution in [-0.2, 0) is 33.7 Å². The molecule has 0 aliphatic carbocycles. The van der Waals surface area contributed by atoms with Crippen molar-refractivity contribution in [3.05, 3.63) is 87.7 Å². The van der Waals surface area contributed by atoms with Crippen LogP contribution in [0, 0.1) is 0 Å². The van der Waals surface area contributed by atoms with Crippen LogP contribution in [0.4, 0.5) is 18.9 Å². The number of nitrogens with two attached hydrogens (primary N) is 1. The molecule has 0 atom stereocenters. The Morgan fingerprint density at radius 2 is 1.54 bits per heavy atom. The third-order valence-electron chi connectivity index (χ3n) is 5.41. The quantitative estimate of drug-likeness (QED) is 0.281. The Kier molecular flexibility index (Phi) is 12.0. The molecule has 222 valence electrons. The molecule has 0 saturated carbocycles. The normalized spacial score (nSPS) is 11.3. The molecule has 0 fully saturated rings. The number of carboxylic acids is 1. The minimum atomic E-state index is -5.19. The van der Waals surface area contributed by atoms with Crippen LogP contribution in [0.2, 0.25) is 5.02 Å². The summed E-state index contributed by atoms with van der Waals surface area (Å²) in [5.74, 6) is -3.94. The zero-order valence-corrected chi connectivity index (χ0v) is 23.8. The van der Waals surface area contributed by atoms with Crippen molar-refractivity contribution in [1.29, 1.82) is 0 Å². The van der Waals surface area contributed by atoms with Gasteiger partial charge >= 0.3 is 18.1 Å². The van der Waals surface area contributed by atoms with Gasteiger partial charge in [-0.25, -0.2) is 9.59 Å². The van der Waals surface area contributed by atoms with Crippen LogP contribution in [0.5, 0.6) is 0 Å². The number of H-pyrrole nitrogens is 1. The Labute approximate surface area is 240 Å². The standard InChI is InChI=1S/C27H31ClN2O4.C2HF3O2/c1-5-33-25(31)23-21(16-11-18-9-7-6-8-10-18)24(26(32)34-27(2,3)4)30-22(23)17-29-20-14-12-19(28)13-15-20;3-2(4,5)1(6)7/h6-10,12-15,29-30H,5,11,16-17H2,1-4H3;(H,6,7). The number of carboxylic acid groups (broad SMARTS) is 1. The van der Waals surface area contributed by atoms with Crippen LogP contribution >= 0.6 is 11.6 Å². The van der Waals surface area contributed by atoms with Crippen molar-refractivity contribution in [2.45, 2.75) is 58.9 Å². The van der Waals surface area contributed by atoms with Crippen molar-refractivity contribution >= 4 is 35.2 Å². The van der Waals surface area contributed by atoms with E-state index < -0.39 is 29.7 Å². The lowest BCUT2D eigenvalue weighted by molar-refractivity contribution is -0.589. The molecular formula is C29H32ClF3N2O6. The molecule has 3 aromatic rings. The number of benzene rings is 2. The minimum absolute atomic E-state index is 0.240. The van der Waals surface area contributed by atoms with Crippen LogP contribution in [0.1, 0.15) is 65.4 Å². The first-order valence-electron chi connectivity index (χ1n) is 12.7. The van der Waals surface area contributed by atoms with E-state index in [2.05, 4.69) is 4.98 Å². The lowest BCUT2D eigenvalue weighted by atomic mass is 9.99. The first kappa shape index (κ1) is 33.4. The highest BCUT2D eigenvalue weighted by atomic mass is 35.5. The van der Waals surface area contributed by atoms with Crippen molar-refractivity contribution in [3.63, 3.8) is 0 Å². The van der Waals surface area contributed by atoms with Gasteiger partial charge in [-0.3, -0.25) is 0 Å². The molecule has 1 aromatic heterocycles. The number of aliphatic carboxylic acids is 1. The Morgan fingerprint density at radius 1 is 0.951 bits per heavy atom. The maximum Gasteiger partial charge on any atom is 0.430 e. The largest absolute Gasteiger partial charge is 0.542 e. The lowest BCUT2D eigenvalue weighted by Crippen LogP contribution is -2.76. The van der Waals surface area contributed by atoms with Gasteiger partial charge < -0.3 is 29.7 Å². The van der Waals surface area contributed by atoms with Crippen molar-refractivity contribution in [2.24, 2.45) is 0 Å². The number of hydrogen-bond donors (Lipinski definition) is 2. The van der Waals surface area contributed by atoms with E-state index in [9.17, 15) is 22.8 Å². The predicted molar refractivity (Wildman–Crippen MR) is 144 cm³/mol. The molecule has 0 amide bonds. The Morgan fingerprint density at radius 3 is 2.05 bits per heavy atom. The summed E-state index contributed by atoms with van der Waals surface area (Å²) in [6, 6.07) is 17.4. The molecule has 0 aliphatic heterocycles. The number of hydrogen-bond acceptors (Lipinski definition) is 6. The second kappa shape index (κ2) is 14.7. The van der Waals surface area contributed by atoms with Gasteiger partial charge in [0.25, 0.3) is 0 Å². The van der Waals surface area contributed by atoms with Gasteiger partial charge in [0.1, 0.15) is 29.5 Å². The third kappa shape index (κ3) is 10.9. The number of rotatable bonds is 9. The monoisotopic (exact) mass is 596 g/mol. The van der Waals surface area contributed by atoms with E-state index in [1.54, 1.807) is 6.92 Å². The summed E-state index contributed by atoms with van der Waals surface area (Å²) in [6.07, 6.45) is -4.04. The number of carbonyl (C=O) groups excluding carboxylic acids is 3. The molecule has 0 bridgehead atoms. The van der Waals surface area contributed by atoms with Gasteiger partial charge in [-0.15, -0.1) is 0 Å². The van der Waals surface area contributed by atoms with E-state index in [0.29, 0.717) is 46.9 Å². The molecule has 0 saturated heterocycles. The van der Waals surface area contributed by atoms with E-state index in [-0.39, 0.29) is 6.61 Å². The fourth-order valence-corrected chi connectivity index (χ4v) is 3.81.